The first-order valence-corrected chi connectivity index (χ1v) is 5.77. The molecule has 0 aliphatic rings. The molecule has 1 aromatic carbocycles. The molecule has 0 saturated heterocycles. The van der Waals surface area contributed by atoms with Gasteiger partial charge in [-0.25, -0.2) is 8.78 Å². The van der Waals surface area contributed by atoms with E-state index in [1.165, 1.54) is 19.1 Å². The molecule has 0 aliphatic carbocycles. The van der Waals surface area contributed by atoms with Crippen molar-refractivity contribution < 1.29 is 22.4 Å². The fourth-order valence-corrected chi connectivity index (χ4v) is 1.60. The molecule has 0 N–H and O–H groups in total. The summed E-state index contributed by atoms with van der Waals surface area (Å²) in [7, 11) is 0. The second-order valence-corrected chi connectivity index (χ2v) is 4.01. The first kappa shape index (κ1) is 16.0. The van der Waals surface area contributed by atoms with E-state index < -0.39 is 18.3 Å². The van der Waals surface area contributed by atoms with Gasteiger partial charge in [-0.1, -0.05) is 18.2 Å². The van der Waals surface area contributed by atoms with Crippen LogP contribution >= 0.6 is 0 Å². The van der Waals surface area contributed by atoms with E-state index in [4.69, 9.17) is 5.26 Å². The maximum Gasteiger partial charge on any atom is 0.383 e. The highest BCUT2D eigenvalue weighted by Gasteiger charge is 2.50. The largest absolute Gasteiger partial charge is 0.383 e. The molecule has 108 valence electrons. The Bertz CT molecular complexity index is 525. The molecule has 0 bridgehead atoms. The minimum Gasteiger partial charge on any atom is -0.333 e. The Morgan fingerprint density at radius 1 is 1.40 bits per heavy atom. The van der Waals surface area contributed by atoms with Crippen LogP contribution in [-0.4, -0.2) is 29.7 Å². The summed E-state index contributed by atoms with van der Waals surface area (Å²) in [6, 6.07) is 7.94. The van der Waals surface area contributed by atoms with Gasteiger partial charge in [-0.15, -0.1) is 0 Å². The lowest BCUT2D eigenvalue weighted by molar-refractivity contribution is -0.181. The number of nitriles is 1. The summed E-state index contributed by atoms with van der Waals surface area (Å²) < 4.78 is 50.5. The molecule has 20 heavy (non-hydrogen) atoms. The maximum atomic E-state index is 13.1. The molecule has 1 amide bonds. The first-order chi connectivity index (χ1) is 9.34. The fourth-order valence-electron chi connectivity index (χ4n) is 1.60. The molecule has 7 heteroatoms. The van der Waals surface area contributed by atoms with Gasteiger partial charge >= 0.3 is 12.3 Å². The number of hydrogen-bond donors (Lipinski definition) is 0. The Hall–Kier alpha value is -2.10. The Morgan fingerprint density at radius 3 is 2.50 bits per heavy atom. The van der Waals surface area contributed by atoms with Crippen LogP contribution in [0.1, 0.15) is 18.1 Å². The van der Waals surface area contributed by atoms with E-state index in [-0.39, 0.29) is 18.7 Å². The predicted molar refractivity (Wildman–Crippen MR) is 63.2 cm³/mol. The van der Waals surface area contributed by atoms with Gasteiger partial charge in [-0.05, 0) is 18.6 Å². The molecule has 0 spiro atoms. The van der Waals surface area contributed by atoms with Crippen LogP contribution in [0.15, 0.2) is 24.3 Å². The minimum absolute atomic E-state index is 0.166. The third-order valence-electron chi connectivity index (χ3n) is 2.73. The molecule has 0 fully saturated rings. The van der Waals surface area contributed by atoms with E-state index in [1.807, 2.05) is 6.07 Å². The lowest BCUT2D eigenvalue weighted by Crippen LogP contribution is -2.47. The van der Waals surface area contributed by atoms with Crippen LogP contribution in [0.4, 0.5) is 17.6 Å². The van der Waals surface area contributed by atoms with Crippen molar-refractivity contribution in [2.45, 2.75) is 25.8 Å². The summed E-state index contributed by atoms with van der Waals surface area (Å²) in [5.41, 5.74) is 0.536. The van der Waals surface area contributed by atoms with E-state index in [0.717, 1.165) is 0 Å². The van der Waals surface area contributed by atoms with Gasteiger partial charge in [0.05, 0.1) is 11.6 Å². The van der Waals surface area contributed by atoms with E-state index in [9.17, 15) is 22.4 Å². The van der Waals surface area contributed by atoms with Crippen molar-refractivity contribution >= 4 is 5.91 Å². The van der Waals surface area contributed by atoms with Crippen LogP contribution in [0, 0.1) is 11.3 Å². The van der Waals surface area contributed by atoms with Crippen molar-refractivity contribution in [2.75, 3.05) is 6.54 Å². The number of nitrogens with zero attached hydrogens (tertiary/aromatic N) is 2. The number of hydrogen-bond acceptors (Lipinski definition) is 2. The summed E-state index contributed by atoms with van der Waals surface area (Å²) in [6.45, 7) is 0.913. The van der Waals surface area contributed by atoms with Crippen molar-refractivity contribution in [3.8, 4) is 6.07 Å². The highest BCUT2D eigenvalue weighted by atomic mass is 19.3. The monoisotopic (exact) mass is 288 g/mol. The average Bonchev–Trinajstić information content (AvgIpc) is 2.44. The van der Waals surface area contributed by atoms with Crippen LogP contribution < -0.4 is 0 Å². The molecule has 0 aromatic heterocycles. The second kappa shape index (κ2) is 6.37. The molecule has 0 unspecified atom stereocenters. The predicted octanol–water partition coefficient (Wildman–Crippen LogP) is 2.81. The zero-order chi connectivity index (χ0) is 15.3. The number of carbonyl (C=O) groups is 1. The zero-order valence-electron chi connectivity index (χ0n) is 10.6. The topological polar surface area (TPSA) is 44.1 Å². The van der Waals surface area contributed by atoms with Crippen molar-refractivity contribution in [1.82, 2.24) is 4.90 Å². The summed E-state index contributed by atoms with van der Waals surface area (Å²) in [5.74, 6) is -6.67. The normalized spacial score (nSPS) is 11.2. The Kier molecular flexibility index (Phi) is 5.08. The highest BCUT2D eigenvalue weighted by molar-refractivity contribution is 5.84. The Morgan fingerprint density at radius 2 is 2.00 bits per heavy atom. The minimum atomic E-state index is -4.72. The lowest BCUT2D eigenvalue weighted by atomic mass is 10.1. The molecule has 0 saturated carbocycles. The van der Waals surface area contributed by atoms with Gasteiger partial charge < -0.3 is 4.90 Å². The Balaban J connectivity index is 2.99. The molecule has 0 heterocycles. The molecule has 0 radical (unpaired) electrons. The van der Waals surface area contributed by atoms with Gasteiger partial charge in [0.2, 0.25) is 0 Å². The molecular formula is C13H12F4N2O. The smallest absolute Gasteiger partial charge is 0.333 e. The van der Waals surface area contributed by atoms with Crippen molar-refractivity contribution in [1.29, 1.82) is 5.26 Å². The molecule has 0 atom stereocenters. The Labute approximate surface area is 113 Å². The summed E-state index contributed by atoms with van der Waals surface area (Å²) in [4.78, 5) is 12.1. The number of halogens is 4. The lowest BCUT2D eigenvalue weighted by Gasteiger charge is -2.25. The fraction of sp³-hybridized carbons (Fsp3) is 0.385. The highest BCUT2D eigenvalue weighted by Crippen LogP contribution is 2.26. The van der Waals surface area contributed by atoms with Gasteiger partial charge in [-0.3, -0.25) is 4.79 Å². The van der Waals surface area contributed by atoms with E-state index in [1.54, 1.807) is 12.1 Å². The van der Waals surface area contributed by atoms with Gasteiger partial charge in [-0.2, -0.15) is 14.0 Å². The average molecular weight is 288 g/mol. The molecule has 3 nitrogen and oxygen atoms in total. The number of rotatable bonds is 5. The quantitative estimate of drug-likeness (QED) is 0.782. The van der Waals surface area contributed by atoms with Gasteiger partial charge in [0.15, 0.2) is 0 Å². The first-order valence-electron chi connectivity index (χ1n) is 5.77. The number of alkyl halides is 4. The number of amides is 1. The molecular weight excluding hydrogens is 276 g/mol. The summed E-state index contributed by atoms with van der Waals surface area (Å²) in [5, 5.41) is 8.87. The van der Waals surface area contributed by atoms with Crippen molar-refractivity contribution in [3.05, 3.63) is 35.4 Å². The van der Waals surface area contributed by atoms with Crippen molar-refractivity contribution in [2.24, 2.45) is 0 Å². The van der Waals surface area contributed by atoms with Crippen molar-refractivity contribution in [3.63, 3.8) is 0 Å². The van der Waals surface area contributed by atoms with Crippen LogP contribution in [-0.2, 0) is 11.3 Å². The molecule has 0 aliphatic heterocycles. The second-order valence-electron chi connectivity index (χ2n) is 4.01. The summed E-state index contributed by atoms with van der Waals surface area (Å²) >= 11 is 0. The number of benzene rings is 1. The van der Waals surface area contributed by atoms with E-state index >= 15 is 0 Å². The SMILES string of the molecule is CCN(Cc1ccccc1C#N)C(=O)C(F)(F)C(F)F. The molecule has 1 rings (SSSR count). The van der Waals surface area contributed by atoms with E-state index in [0.29, 0.717) is 10.5 Å². The van der Waals surface area contributed by atoms with Crippen LogP contribution in [0.25, 0.3) is 0 Å². The van der Waals surface area contributed by atoms with Crippen LogP contribution in [0.5, 0.6) is 0 Å². The van der Waals surface area contributed by atoms with E-state index in [2.05, 4.69) is 0 Å². The van der Waals surface area contributed by atoms with Gasteiger partial charge in [0.1, 0.15) is 0 Å². The molecule has 1 aromatic rings. The third kappa shape index (κ3) is 3.26. The standard InChI is InChI=1S/C13H12F4N2O/c1-2-19(12(20)13(16,17)11(14)15)8-10-6-4-3-5-9(10)7-18/h3-6,11H,2,8H2,1H3. The van der Waals surface area contributed by atoms with Gasteiger partial charge in [0.25, 0.3) is 5.91 Å². The van der Waals surface area contributed by atoms with Crippen LogP contribution in [0.2, 0.25) is 0 Å². The summed E-state index contributed by atoms with van der Waals surface area (Å²) in [6.07, 6.45) is -4.06. The van der Waals surface area contributed by atoms with Gasteiger partial charge in [0, 0.05) is 13.1 Å². The zero-order valence-corrected chi connectivity index (χ0v) is 10.6. The third-order valence-corrected chi connectivity index (χ3v) is 2.73. The number of carbonyl (C=O) groups excluding carboxylic acids is 1. The van der Waals surface area contributed by atoms with Crippen LogP contribution in [0.3, 0.4) is 0 Å². The maximum absolute atomic E-state index is 13.1.